The van der Waals surface area contributed by atoms with Crippen molar-refractivity contribution in [3.05, 3.63) is 18.2 Å². The molecular formula is C15H25F2N5O. The van der Waals surface area contributed by atoms with Crippen LogP contribution in [0.2, 0.25) is 0 Å². The van der Waals surface area contributed by atoms with Gasteiger partial charge in [0.2, 0.25) is 5.91 Å². The van der Waals surface area contributed by atoms with Crippen LogP contribution in [0.3, 0.4) is 0 Å². The van der Waals surface area contributed by atoms with Gasteiger partial charge in [0, 0.05) is 38.6 Å². The average Bonchev–Trinajstić information content (AvgIpc) is 3.01. The van der Waals surface area contributed by atoms with Gasteiger partial charge in [-0.2, -0.15) is 8.78 Å². The number of alkyl halides is 2. The van der Waals surface area contributed by atoms with Gasteiger partial charge in [-0.25, -0.2) is 4.98 Å². The lowest BCUT2D eigenvalue weighted by Gasteiger charge is -2.36. The average molecular weight is 329 g/mol. The fourth-order valence-corrected chi connectivity index (χ4v) is 2.68. The summed E-state index contributed by atoms with van der Waals surface area (Å²) in [5.41, 5.74) is 6.00. The first-order valence-electron chi connectivity index (χ1n) is 8.00. The molecule has 0 bridgehead atoms. The van der Waals surface area contributed by atoms with Gasteiger partial charge in [0.05, 0.1) is 12.6 Å². The van der Waals surface area contributed by atoms with Crippen LogP contribution in [-0.2, 0) is 11.3 Å². The van der Waals surface area contributed by atoms with Gasteiger partial charge in [-0.15, -0.1) is 0 Å². The Hall–Kier alpha value is -1.54. The zero-order valence-corrected chi connectivity index (χ0v) is 13.7. The lowest BCUT2D eigenvalue weighted by atomic mass is 9.98. The Balaban J connectivity index is 1.86. The fraction of sp³-hybridized carbons (Fsp3) is 0.733. The summed E-state index contributed by atoms with van der Waals surface area (Å²) in [5.74, 6) is 0.475. The van der Waals surface area contributed by atoms with Crippen molar-refractivity contribution in [1.29, 1.82) is 0 Å². The molecule has 0 saturated carbocycles. The molecule has 2 heterocycles. The molecule has 1 aromatic rings. The molecule has 0 radical (unpaired) electrons. The molecule has 2 N–H and O–H groups in total. The summed E-state index contributed by atoms with van der Waals surface area (Å²) >= 11 is 0. The van der Waals surface area contributed by atoms with Crippen molar-refractivity contribution in [2.45, 2.75) is 39.4 Å². The quantitative estimate of drug-likeness (QED) is 0.854. The summed E-state index contributed by atoms with van der Waals surface area (Å²) < 4.78 is 26.5. The van der Waals surface area contributed by atoms with Crippen molar-refractivity contribution < 1.29 is 13.6 Å². The van der Waals surface area contributed by atoms with E-state index in [2.05, 4.69) is 4.98 Å². The lowest BCUT2D eigenvalue weighted by Crippen LogP contribution is -2.54. The predicted molar refractivity (Wildman–Crippen MR) is 82.8 cm³/mol. The first kappa shape index (κ1) is 17.8. The lowest BCUT2D eigenvalue weighted by molar-refractivity contribution is -0.135. The molecule has 1 aromatic heterocycles. The molecule has 0 unspecified atom stereocenters. The van der Waals surface area contributed by atoms with E-state index in [0.29, 0.717) is 38.5 Å². The summed E-state index contributed by atoms with van der Waals surface area (Å²) in [5, 5.41) is 0. The van der Waals surface area contributed by atoms with Crippen LogP contribution < -0.4 is 5.73 Å². The Morgan fingerprint density at radius 1 is 1.35 bits per heavy atom. The minimum atomic E-state index is -2.58. The molecule has 23 heavy (non-hydrogen) atoms. The van der Waals surface area contributed by atoms with Crippen LogP contribution in [0.5, 0.6) is 0 Å². The van der Waals surface area contributed by atoms with Crippen molar-refractivity contribution in [3.63, 3.8) is 0 Å². The second kappa shape index (κ2) is 7.83. The zero-order chi connectivity index (χ0) is 17.0. The monoisotopic (exact) mass is 329 g/mol. The third kappa shape index (κ3) is 4.26. The number of nitrogens with zero attached hydrogens (tertiary/aromatic N) is 4. The molecule has 2 atom stereocenters. The van der Waals surface area contributed by atoms with E-state index in [9.17, 15) is 13.6 Å². The summed E-state index contributed by atoms with van der Waals surface area (Å²) in [6.07, 6.45) is 3.53. The minimum absolute atomic E-state index is 0.0203. The molecular weight excluding hydrogens is 304 g/mol. The highest BCUT2D eigenvalue weighted by Crippen LogP contribution is 2.16. The third-order valence-electron chi connectivity index (χ3n) is 4.55. The minimum Gasteiger partial charge on any atom is -0.339 e. The van der Waals surface area contributed by atoms with Crippen LogP contribution in [0.4, 0.5) is 8.78 Å². The van der Waals surface area contributed by atoms with E-state index < -0.39 is 12.6 Å². The number of aromatic nitrogens is 2. The van der Waals surface area contributed by atoms with Gasteiger partial charge in [-0.3, -0.25) is 14.3 Å². The van der Waals surface area contributed by atoms with Gasteiger partial charge in [-0.05, 0) is 5.92 Å². The summed E-state index contributed by atoms with van der Waals surface area (Å²) in [6.45, 7) is 4.17. The molecule has 0 spiro atoms. The smallest absolute Gasteiger partial charge is 0.319 e. The topological polar surface area (TPSA) is 67.4 Å². The Bertz CT molecular complexity index is 514. The molecule has 0 aliphatic carbocycles. The summed E-state index contributed by atoms with van der Waals surface area (Å²) in [7, 11) is 0. The predicted octanol–water partition coefficient (Wildman–Crippen LogP) is 1.30. The maximum atomic E-state index is 12.8. The molecule has 6 nitrogen and oxygen atoms in total. The largest absolute Gasteiger partial charge is 0.339 e. The van der Waals surface area contributed by atoms with E-state index in [1.54, 1.807) is 4.90 Å². The number of halogens is 2. The third-order valence-corrected chi connectivity index (χ3v) is 4.55. The number of carbonyl (C=O) groups is 1. The highest BCUT2D eigenvalue weighted by molar-refractivity contribution is 5.82. The SMILES string of the molecule is CC[C@H](C)[C@@H](N)C(=O)N1CCN(Cc2nccn2C(F)F)CC1. The van der Waals surface area contributed by atoms with E-state index in [0.717, 1.165) is 11.0 Å². The second-order valence-electron chi connectivity index (χ2n) is 6.04. The van der Waals surface area contributed by atoms with Crippen LogP contribution in [-0.4, -0.2) is 57.5 Å². The second-order valence-corrected chi connectivity index (χ2v) is 6.04. The number of rotatable bonds is 6. The number of piperazine rings is 1. The van der Waals surface area contributed by atoms with Crippen molar-refractivity contribution in [1.82, 2.24) is 19.4 Å². The molecule has 1 aliphatic heterocycles. The number of nitrogens with two attached hydrogens (primary N) is 1. The number of hydrogen-bond donors (Lipinski definition) is 1. The standard InChI is InChI=1S/C15H25F2N5O/c1-3-11(2)13(18)14(23)21-8-6-20(7-9-21)10-12-19-4-5-22(12)15(16)17/h4-5,11,13,15H,3,6-10,18H2,1-2H3/t11-,13+/m0/s1. The molecule has 130 valence electrons. The zero-order valence-electron chi connectivity index (χ0n) is 13.7. The van der Waals surface area contributed by atoms with Gasteiger partial charge >= 0.3 is 6.55 Å². The van der Waals surface area contributed by atoms with Gasteiger partial charge in [-0.1, -0.05) is 20.3 Å². The van der Waals surface area contributed by atoms with Crippen LogP contribution in [0.1, 0.15) is 32.6 Å². The maximum Gasteiger partial charge on any atom is 0.319 e. The van der Waals surface area contributed by atoms with Crippen LogP contribution in [0.15, 0.2) is 12.4 Å². The summed E-state index contributed by atoms with van der Waals surface area (Å²) in [4.78, 5) is 20.1. The number of hydrogen-bond acceptors (Lipinski definition) is 4. The molecule has 1 fully saturated rings. The van der Waals surface area contributed by atoms with Gasteiger partial charge in [0.25, 0.3) is 0 Å². The van der Waals surface area contributed by atoms with Crippen LogP contribution in [0.25, 0.3) is 0 Å². The maximum absolute atomic E-state index is 12.8. The number of imidazole rings is 1. The Labute approximate surface area is 135 Å². The highest BCUT2D eigenvalue weighted by atomic mass is 19.3. The number of carbonyl (C=O) groups excluding carboxylic acids is 1. The van der Waals surface area contributed by atoms with Gasteiger partial charge < -0.3 is 10.6 Å². The molecule has 1 amide bonds. The first-order valence-corrected chi connectivity index (χ1v) is 8.00. The Kier molecular flexibility index (Phi) is 6.06. The van der Waals surface area contributed by atoms with Crippen molar-refractivity contribution in [2.24, 2.45) is 11.7 Å². The van der Waals surface area contributed by atoms with Crippen LogP contribution in [0, 0.1) is 5.92 Å². The Morgan fingerprint density at radius 2 is 2.00 bits per heavy atom. The van der Waals surface area contributed by atoms with Crippen molar-refractivity contribution in [2.75, 3.05) is 26.2 Å². The summed E-state index contributed by atoms with van der Waals surface area (Å²) in [6, 6.07) is -0.468. The van der Waals surface area contributed by atoms with E-state index in [4.69, 9.17) is 5.73 Å². The molecule has 8 heteroatoms. The Morgan fingerprint density at radius 3 is 2.57 bits per heavy atom. The van der Waals surface area contributed by atoms with Crippen LogP contribution >= 0.6 is 0 Å². The van der Waals surface area contributed by atoms with E-state index in [1.807, 2.05) is 18.7 Å². The van der Waals surface area contributed by atoms with Gasteiger partial charge in [0.1, 0.15) is 5.82 Å². The van der Waals surface area contributed by atoms with Crippen molar-refractivity contribution >= 4 is 5.91 Å². The first-order chi connectivity index (χ1) is 10.9. The molecule has 0 aromatic carbocycles. The highest BCUT2D eigenvalue weighted by Gasteiger charge is 2.28. The fourth-order valence-electron chi connectivity index (χ4n) is 2.68. The molecule has 1 aliphatic rings. The normalized spacial score (nSPS) is 19.1. The van der Waals surface area contributed by atoms with Crippen molar-refractivity contribution in [3.8, 4) is 0 Å². The molecule has 2 rings (SSSR count). The number of amides is 1. The van der Waals surface area contributed by atoms with Gasteiger partial charge in [0.15, 0.2) is 0 Å². The molecule has 1 saturated heterocycles. The van der Waals surface area contributed by atoms with E-state index >= 15 is 0 Å². The van der Waals surface area contributed by atoms with E-state index in [-0.39, 0.29) is 11.8 Å². The van der Waals surface area contributed by atoms with E-state index in [1.165, 1.54) is 12.4 Å².